The number of rotatable bonds is 5. The zero-order valence-corrected chi connectivity index (χ0v) is 11.8. The van der Waals surface area contributed by atoms with Gasteiger partial charge in [0.05, 0.1) is 0 Å². The Morgan fingerprint density at radius 1 is 1.53 bits per heavy atom. The van der Waals surface area contributed by atoms with Crippen molar-refractivity contribution in [2.75, 3.05) is 7.11 Å². The van der Waals surface area contributed by atoms with Gasteiger partial charge in [-0.05, 0) is 31.4 Å². The summed E-state index contributed by atoms with van der Waals surface area (Å²) in [4.78, 5) is 17.4. The highest BCUT2D eigenvalue weighted by Gasteiger charge is 2.31. The summed E-state index contributed by atoms with van der Waals surface area (Å²) in [5, 5.41) is 5.99. The van der Waals surface area contributed by atoms with Crippen LogP contribution in [0.5, 0.6) is 0 Å². The van der Waals surface area contributed by atoms with Crippen LogP contribution in [-0.2, 0) is 9.53 Å². The minimum absolute atomic E-state index is 0.145. The first-order valence-corrected chi connectivity index (χ1v) is 6.63. The van der Waals surface area contributed by atoms with Crippen molar-refractivity contribution >= 4 is 28.9 Å². The molecule has 0 saturated heterocycles. The van der Waals surface area contributed by atoms with Gasteiger partial charge in [0.1, 0.15) is 24.0 Å². The lowest BCUT2D eigenvalue weighted by atomic mass is 10.00. The second-order valence-corrected chi connectivity index (χ2v) is 5.41. The van der Waals surface area contributed by atoms with Gasteiger partial charge in [-0.15, -0.1) is 11.3 Å². The molecule has 0 fully saturated rings. The molecule has 2 rings (SSSR count). The van der Waals surface area contributed by atoms with Crippen LogP contribution in [0.1, 0.15) is 18.7 Å². The number of ketones is 1. The topological polar surface area (TPSA) is 57.0 Å². The summed E-state index contributed by atoms with van der Waals surface area (Å²) in [6.07, 6.45) is 4.70. The number of thiophene rings is 1. The number of ether oxygens (including phenoxy) is 1. The van der Waals surface area contributed by atoms with Gasteiger partial charge in [-0.25, -0.2) is 9.67 Å². The number of hydrogen-bond donors (Lipinski definition) is 0. The molecule has 100 valence electrons. The van der Waals surface area contributed by atoms with Crippen LogP contribution in [0.3, 0.4) is 0 Å². The molecular formula is C13H15N3O2S. The predicted octanol–water partition coefficient (Wildman–Crippen LogP) is 2.33. The third kappa shape index (κ3) is 2.97. The summed E-state index contributed by atoms with van der Waals surface area (Å²) in [5.74, 6) is -0.145. The maximum absolute atomic E-state index is 12.5. The van der Waals surface area contributed by atoms with Crippen molar-refractivity contribution in [3.05, 3.63) is 35.0 Å². The molecule has 0 radical (unpaired) electrons. The van der Waals surface area contributed by atoms with E-state index >= 15 is 0 Å². The molecule has 0 aliphatic heterocycles. The van der Waals surface area contributed by atoms with E-state index in [-0.39, 0.29) is 5.78 Å². The summed E-state index contributed by atoms with van der Waals surface area (Å²) >= 11 is 1.55. The fourth-order valence-electron chi connectivity index (χ4n) is 1.48. The number of carbonyl (C=O) groups is 1. The second-order valence-electron chi connectivity index (χ2n) is 4.43. The predicted molar refractivity (Wildman–Crippen MR) is 74.6 cm³/mol. The van der Waals surface area contributed by atoms with Gasteiger partial charge < -0.3 is 4.74 Å². The first kappa shape index (κ1) is 13.6. The Labute approximate surface area is 115 Å². The Balaban J connectivity index is 2.45. The first-order chi connectivity index (χ1) is 9.04. The Bertz CT molecular complexity index is 571. The molecule has 0 spiro atoms. The van der Waals surface area contributed by atoms with Crippen molar-refractivity contribution in [1.82, 2.24) is 14.8 Å². The number of carbonyl (C=O) groups excluding carboxylic acids is 1. The molecule has 2 aromatic heterocycles. The molecule has 0 amide bonds. The quantitative estimate of drug-likeness (QED) is 0.787. The number of Topliss-reactive ketones (excluding diaryl/α,β-unsaturated/α-hetero) is 1. The minimum Gasteiger partial charge on any atom is -0.371 e. The molecular weight excluding hydrogens is 262 g/mol. The molecule has 6 heteroatoms. The van der Waals surface area contributed by atoms with Crippen molar-refractivity contribution in [3.63, 3.8) is 0 Å². The lowest BCUT2D eigenvalue weighted by molar-refractivity contribution is -0.131. The molecule has 0 saturated carbocycles. The van der Waals surface area contributed by atoms with E-state index in [1.807, 2.05) is 17.5 Å². The fraction of sp³-hybridized carbons (Fsp3) is 0.308. The largest absolute Gasteiger partial charge is 0.371 e. The van der Waals surface area contributed by atoms with E-state index in [2.05, 4.69) is 10.1 Å². The standard InChI is InChI=1S/C13H15N3O2S/c1-13(2,18-3)12(17)11(16-9-14-8-15-16)7-10-5-4-6-19-10/h4-9H,1-3H3/b11-7-. The first-order valence-electron chi connectivity index (χ1n) is 5.75. The van der Waals surface area contributed by atoms with E-state index < -0.39 is 5.60 Å². The van der Waals surface area contributed by atoms with E-state index in [1.54, 1.807) is 31.3 Å². The van der Waals surface area contributed by atoms with Crippen LogP contribution in [-0.4, -0.2) is 33.3 Å². The summed E-state index contributed by atoms with van der Waals surface area (Å²) in [6, 6.07) is 3.87. The van der Waals surface area contributed by atoms with E-state index in [4.69, 9.17) is 4.74 Å². The number of aromatic nitrogens is 3. The van der Waals surface area contributed by atoms with Crippen LogP contribution >= 0.6 is 11.3 Å². The van der Waals surface area contributed by atoms with Gasteiger partial charge in [-0.2, -0.15) is 5.10 Å². The lowest BCUT2D eigenvalue weighted by Crippen LogP contribution is -2.35. The highest BCUT2D eigenvalue weighted by molar-refractivity contribution is 7.10. The van der Waals surface area contributed by atoms with Crippen molar-refractivity contribution in [3.8, 4) is 0 Å². The molecule has 0 N–H and O–H groups in total. The summed E-state index contributed by atoms with van der Waals surface area (Å²) in [5.41, 5.74) is -0.471. The monoisotopic (exact) mass is 277 g/mol. The average molecular weight is 277 g/mol. The van der Waals surface area contributed by atoms with Crippen LogP contribution in [0.4, 0.5) is 0 Å². The number of methoxy groups -OCH3 is 1. The average Bonchev–Trinajstić information content (AvgIpc) is 3.07. The zero-order chi connectivity index (χ0) is 13.9. The van der Waals surface area contributed by atoms with Crippen LogP contribution in [0.25, 0.3) is 11.8 Å². The Hall–Kier alpha value is -1.79. The normalized spacial score (nSPS) is 12.7. The van der Waals surface area contributed by atoms with E-state index in [9.17, 15) is 4.79 Å². The molecule has 0 atom stereocenters. The highest BCUT2D eigenvalue weighted by Crippen LogP contribution is 2.22. The molecule has 19 heavy (non-hydrogen) atoms. The van der Waals surface area contributed by atoms with E-state index in [1.165, 1.54) is 24.4 Å². The molecule has 0 unspecified atom stereocenters. The molecule has 5 nitrogen and oxygen atoms in total. The minimum atomic E-state index is -0.908. The van der Waals surface area contributed by atoms with Crippen LogP contribution < -0.4 is 0 Å². The van der Waals surface area contributed by atoms with Crippen molar-refractivity contribution in [1.29, 1.82) is 0 Å². The Morgan fingerprint density at radius 3 is 2.84 bits per heavy atom. The van der Waals surface area contributed by atoms with Crippen LogP contribution in [0.15, 0.2) is 30.2 Å². The SMILES string of the molecule is COC(C)(C)C(=O)/C(=C/c1cccs1)n1cncn1. The molecule has 2 heterocycles. The zero-order valence-electron chi connectivity index (χ0n) is 11.0. The second kappa shape index (κ2) is 5.46. The Morgan fingerprint density at radius 2 is 2.32 bits per heavy atom. The maximum Gasteiger partial charge on any atom is 0.212 e. The third-order valence-corrected chi connectivity index (χ3v) is 3.60. The summed E-state index contributed by atoms with van der Waals surface area (Å²) in [7, 11) is 1.52. The number of nitrogens with zero attached hydrogens (tertiary/aromatic N) is 3. The van der Waals surface area contributed by atoms with E-state index in [0.29, 0.717) is 5.70 Å². The molecule has 0 aliphatic carbocycles. The van der Waals surface area contributed by atoms with Gasteiger partial charge in [0, 0.05) is 12.0 Å². The fourth-order valence-corrected chi connectivity index (χ4v) is 2.13. The van der Waals surface area contributed by atoms with Crippen molar-refractivity contribution in [2.45, 2.75) is 19.4 Å². The molecule has 2 aromatic rings. The van der Waals surface area contributed by atoms with Crippen molar-refractivity contribution < 1.29 is 9.53 Å². The van der Waals surface area contributed by atoms with Gasteiger partial charge >= 0.3 is 0 Å². The van der Waals surface area contributed by atoms with Crippen molar-refractivity contribution in [2.24, 2.45) is 0 Å². The van der Waals surface area contributed by atoms with Gasteiger partial charge in [0.2, 0.25) is 5.78 Å². The van der Waals surface area contributed by atoms with Gasteiger partial charge in [0.15, 0.2) is 0 Å². The molecule has 0 aromatic carbocycles. The summed E-state index contributed by atoms with van der Waals surface area (Å²) in [6.45, 7) is 3.46. The lowest BCUT2D eigenvalue weighted by Gasteiger charge is -2.22. The number of hydrogen-bond acceptors (Lipinski definition) is 5. The van der Waals surface area contributed by atoms with Gasteiger partial charge in [-0.1, -0.05) is 6.07 Å². The third-order valence-electron chi connectivity index (χ3n) is 2.78. The highest BCUT2D eigenvalue weighted by atomic mass is 32.1. The molecule has 0 aliphatic rings. The Kier molecular flexibility index (Phi) is 3.92. The smallest absolute Gasteiger partial charge is 0.212 e. The van der Waals surface area contributed by atoms with Crippen LogP contribution in [0, 0.1) is 0 Å². The van der Waals surface area contributed by atoms with E-state index in [0.717, 1.165) is 4.88 Å². The maximum atomic E-state index is 12.5. The van der Waals surface area contributed by atoms with Gasteiger partial charge in [-0.3, -0.25) is 4.79 Å². The summed E-state index contributed by atoms with van der Waals surface area (Å²) < 4.78 is 6.71. The van der Waals surface area contributed by atoms with Crippen LogP contribution in [0.2, 0.25) is 0 Å². The van der Waals surface area contributed by atoms with Gasteiger partial charge in [0.25, 0.3) is 0 Å². The molecule has 0 bridgehead atoms.